The molecule has 0 saturated heterocycles. The first-order valence-electron chi connectivity index (χ1n) is 7.46. The normalized spacial score (nSPS) is 10.0. The molecule has 0 aliphatic heterocycles. The molecule has 2 heterocycles. The average Bonchev–Trinajstić information content (AvgIpc) is 2.67. The number of hydrogen-bond donors (Lipinski definition) is 1. The van der Waals surface area contributed by atoms with E-state index in [0.29, 0.717) is 27.6 Å². The Balaban J connectivity index is 2.10. The van der Waals surface area contributed by atoms with E-state index in [4.69, 9.17) is 5.73 Å². The van der Waals surface area contributed by atoms with Crippen LogP contribution in [0.15, 0.2) is 59.8 Å². The van der Waals surface area contributed by atoms with E-state index in [9.17, 15) is 10.5 Å². The van der Waals surface area contributed by atoms with E-state index in [0.717, 1.165) is 5.56 Å². The van der Waals surface area contributed by atoms with Crippen LogP contribution in [-0.4, -0.2) is 9.97 Å². The summed E-state index contributed by atoms with van der Waals surface area (Å²) in [6.07, 6.45) is 1.62. The molecule has 5 nitrogen and oxygen atoms in total. The maximum atomic E-state index is 9.69. The fourth-order valence-corrected chi connectivity index (χ4v) is 3.35. The summed E-state index contributed by atoms with van der Waals surface area (Å²) in [7, 11) is 0. The SMILES string of the molecule is N#Cc1c(N)nc(SCc2ccccc2)c(C#N)c1-c1ccccn1. The van der Waals surface area contributed by atoms with Gasteiger partial charge in [0.1, 0.15) is 28.5 Å². The van der Waals surface area contributed by atoms with Crippen LogP contribution in [0.1, 0.15) is 16.7 Å². The molecular weight excluding hydrogens is 330 g/mol. The summed E-state index contributed by atoms with van der Waals surface area (Å²) < 4.78 is 0. The van der Waals surface area contributed by atoms with Crippen LogP contribution in [0.3, 0.4) is 0 Å². The molecule has 3 aromatic rings. The summed E-state index contributed by atoms with van der Waals surface area (Å²) >= 11 is 1.42. The number of nitrogens with two attached hydrogens (primary N) is 1. The predicted molar refractivity (Wildman–Crippen MR) is 97.3 cm³/mol. The van der Waals surface area contributed by atoms with Gasteiger partial charge in [-0.1, -0.05) is 36.4 Å². The molecule has 0 saturated carbocycles. The number of aromatic nitrogens is 2. The highest BCUT2D eigenvalue weighted by Gasteiger charge is 2.21. The quantitative estimate of drug-likeness (QED) is 0.724. The molecule has 2 N–H and O–H groups in total. The Bertz CT molecular complexity index is 973. The van der Waals surface area contributed by atoms with Gasteiger partial charge in [0.2, 0.25) is 0 Å². The summed E-state index contributed by atoms with van der Waals surface area (Å²) in [5.41, 5.74) is 8.57. The smallest absolute Gasteiger partial charge is 0.143 e. The Morgan fingerprint density at radius 3 is 2.32 bits per heavy atom. The van der Waals surface area contributed by atoms with Gasteiger partial charge in [-0.05, 0) is 17.7 Å². The minimum Gasteiger partial charge on any atom is -0.383 e. The van der Waals surface area contributed by atoms with Crippen molar-refractivity contribution in [1.82, 2.24) is 9.97 Å². The van der Waals surface area contributed by atoms with Gasteiger partial charge in [0.05, 0.1) is 11.3 Å². The van der Waals surface area contributed by atoms with Gasteiger partial charge >= 0.3 is 0 Å². The average molecular weight is 343 g/mol. The second-order valence-electron chi connectivity index (χ2n) is 5.14. The number of nitriles is 2. The van der Waals surface area contributed by atoms with Crippen molar-refractivity contribution in [2.45, 2.75) is 10.8 Å². The summed E-state index contributed by atoms with van der Waals surface area (Å²) in [6.45, 7) is 0. The van der Waals surface area contributed by atoms with E-state index in [-0.39, 0.29) is 11.4 Å². The topological polar surface area (TPSA) is 99.4 Å². The van der Waals surface area contributed by atoms with Crippen LogP contribution in [-0.2, 0) is 5.75 Å². The first-order valence-corrected chi connectivity index (χ1v) is 8.45. The minimum absolute atomic E-state index is 0.109. The monoisotopic (exact) mass is 343 g/mol. The lowest BCUT2D eigenvalue weighted by Crippen LogP contribution is -2.04. The third-order valence-corrected chi connectivity index (χ3v) is 4.60. The maximum absolute atomic E-state index is 9.69. The summed E-state index contributed by atoms with van der Waals surface area (Å²) in [5.74, 6) is 0.757. The molecule has 0 unspecified atom stereocenters. The lowest BCUT2D eigenvalue weighted by molar-refractivity contribution is 1.11. The Labute approximate surface area is 149 Å². The van der Waals surface area contributed by atoms with Crippen LogP contribution in [0.4, 0.5) is 5.82 Å². The minimum atomic E-state index is 0.109. The molecule has 3 rings (SSSR count). The van der Waals surface area contributed by atoms with Crippen molar-refractivity contribution in [2.75, 3.05) is 5.73 Å². The summed E-state index contributed by atoms with van der Waals surface area (Å²) in [6, 6.07) is 19.4. The highest BCUT2D eigenvalue weighted by atomic mass is 32.2. The fraction of sp³-hybridized carbons (Fsp3) is 0.0526. The molecular formula is C19H13N5S. The van der Waals surface area contributed by atoms with Gasteiger partial charge in [0.15, 0.2) is 0 Å². The number of nitrogens with zero attached hydrogens (tertiary/aromatic N) is 4. The van der Waals surface area contributed by atoms with E-state index in [1.807, 2.05) is 30.3 Å². The number of thioether (sulfide) groups is 1. The number of anilines is 1. The molecule has 0 amide bonds. The van der Waals surface area contributed by atoms with Crippen LogP contribution in [0, 0.1) is 22.7 Å². The molecule has 6 heteroatoms. The lowest BCUT2D eigenvalue weighted by Gasteiger charge is -2.12. The van der Waals surface area contributed by atoms with Gasteiger partial charge < -0.3 is 5.73 Å². The van der Waals surface area contributed by atoms with Gasteiger partial charge in [-0.3, -0.25) is 4.98 Å². The number of pyridine rings is 2. The molecule has 0 spiro atoms. The van der Waals surface area contributed by atoms with Crippen molar-refractivity contribution in [2.24, 2.45) is 0 Å². The number of rotatable bonds is 4. The van der Waals surface area contributed by atoms with Crippen molar-refractivity contribution in [3.8, 4) is 23.4 Å². The largest absolute Gasteiger partial charge is 0.383 e. The number of hydrogen-bond acceptors (Lipinski definition) is 6. The molecule has 0 bridgehead atoms. The fourth-order valence-electron chi connectivity index (χ4n) is 2.40. The first-order chi connectivity index (χ1) is 12.2. The van der Waals surface area contributed by atoms with Crippen molar-refractivity contribution in [3.05, 3.63) is 71.4 Å². The molecule has 0 atom stereocenters. The van der Waals surface area contributed by atoms with Crippen molar-refractivity contribution in [3.63, 3.8) is 0 Å². The molecule has 0 aliphatic rings. The van der Waals surface area contributed by atoms with E-state index < -0.39 is 0 Å². The molecule has 120 valence electrons. The molecule has 0 radical (unpaired) electrons. The molecule has 25 heavy (non-hydrogen) atoms. The van der Waals surface area contributed by atoms with Crippen LogP contribution in [0.2, 0.25) is 0 Å². The Morgan fingerprint density at radius 1 is 0.960 bits per heavy atom. The van der Waals surface area contributed by atoms with Crippen LogP contribution in [0.25, 0.3) is 11.3 Å². The lowest BCUT2D eigenvalue weighted by atomic mass is 10.0. The molecule has 2 aromatic heterocycles. The highest BCUT2D eigenvalue weighted by molar-refractivity contribution is 7.98. The number of benzene rings is 1. The van der Waals surface area contributed by atoms with E-state index in [1.54, 1.807) is 24.4 Å². The van der Waals surface area contributed by atoms with Crippen LogP contribution in [0.5, 0.6) is 0 Å². The van der Waals surface area contributed by atoms with Crippen LogP contribution >= 0.6 is 11.8 Å². The Morgan fingerprint density at radius 2 is 1.68 bits per heavy atom. The number of nitrogen functional groups attached to an aromatic ring is 1. The Kier molecular flexibility index (Phi) is 4.94. The second kappa shape index (κ2) is 7.48. The zero-order valence-electron chi connectivity index (χ0n) is 13.2. The van der Waals surface area contributed by atoms with E-state index >= 15 is 0 Å². The van der Waals surface area contributed by atoms with Crippen LogP contribution < -0.4 is 5.73 Å². The van der Waals surface area contributed by atoms with Crippen molar-refractivity contribution < 1.29 is 0 Å². The van der Waals surface area contributed by atoms with Crippen molar-refractivity contribution in [1.29, 1.82) is 10.5 Å². The highest BCUT2D eigenvalue weighted by Crippen LogP contribution is 2.35. The zero-order chi connectivity index (χ0) is 17.6. The maximum Gasteiger partial charge on any atom is 0.143 e. The van der Waals surface area contributed by atoms with Gasteiger partial charge in [0, 0.05) is 17.5 Å². The standard InChI is InChI=1S/C19H13N5S/c20-10-14-17(16-8-4-5-9-23-16)15(11-21)19(24-18(14)22)25-12-13-6-2-1-3-7-13/h1-9H,12H2,(H2,22,24). The molecule has 0 aliphatic carbocycles. The van der Waals surface area contributed by atoms with Gasteiger partial charge in [-0.15, -0.1) is 11.8 Å². The van der Waals surface area contributed by atoms with Gasteiger partial charge in [-0.2, -0.15) is 10.5 Å². The third kappa shape index (κ3) is 3.45. The summed E-state index contributed by atoms with van der Waals surface area (Å²) in [4.78, 5) is 8.56. The van der Waals surface area contributed by atoms with E-state index in [1.165, 1.54) is 11.8 Å². The predicted octanol–water partition coefficient (Wildman–Crippen LogP) is 3.76. The zero-order valence-corrected chi connectivity index (χ0v) is 14.0. The summed E-state index contributed by atoms with van der Waals surface area (Å²) in [5, 5.41) is 19.7. The first kappa shape index (κ1) is 16.5. The second-order valence-corrected chi connectivity index (χ2v) is 6.10. The van der Waals surface area contributed by atoms with Gasteiger partial charge in [-0.25, -0.2) is 4.98 Å². The molecule has 0 fully saturated rings. The molecule has 1 aromatic carbocycles. The van der Waals surface area contributed by atoms with Gasteiger partial charge in [0.25, 0.3) is 0 Å². The Hall–Kier alpha value is -3.35. The van der Waals surface area contributed by atoms with Crippen molar-refractivity contribution >= 4 is 17.6 Å². The van der Waals surface area contributed by atoms with E-state index in [2.05, 4.69) is 22.1 Å². The third-order valence-electron chi connectivity index (χ3n) is 3.56.